The summed E-state index contributed by atoms with van der Waals surface area (Å²) in [5.41, 5.74) is 0.305. The normalized spacial score (nSPS) is 10.4. The summed E-state index contributed by atoms with van der Waals surface area (Å²) in [7, 11) is 4.46. The van der Waals surface area contributed by atoms with Crippen molar-refractivity contribution in [3.63, 3.8) is 0 Å². The molecule has 29 heavy (non-hydrogen) atoms. The van der Waals surface area contributed by atoms with Crippen molar-refractivity contribution in [2.24, 2.45) is 0 Å². The fourth-order valence-electron chi connectivity index (χ4n) is 2.56. The molecule has 3 aromatic rings. The number of hydrogen-bond acceptors (Lipinski definition) is 8. The molecule has 0 spiro atoms. The molecule has 1 N–H and O–H groups in total. The Morgan fingerprint density at radius 3 is 2.34 bits per heavy atom. The number of nitrogens with zero attached hydrogens (tertiary/aromatic N) is 2. The molecule has 0 radical (unpaired) electrons. The molecule has 1 aromatic heterocycles. The highest BCUT2D eigenvalue weighted by atomic mass is 32.2. The van der Waals surface area contributed by atoms with Crippen molar-refractivity contribution >= 4 is 23.7 Å². The van der Waals surface area contributed by atoms with Crippen LogP contribution >= 0.6 is 11.8 Å². The predicted octanol–water partition coefficient (Wildman–Crippen LogP) is 3.68. The lowest BCUT2D eigenvalue weighted by atomic mass is 10.1. The van der Waals surface area contributed by atoms with E-state index in [0.29, 0.717) is 35.1 Å². The van der Waals surface area contributed by atoms with E-state index in [9.17, 15) is 4.79 Å². The second kappa shape index (κ2) is 9.83. The van der Waals surface area contributed by atoms with Gasteiger partial charge in [-0.25, -0.2) is 0 Å². The molecule has 0 unspecified atom stereocenters. The number of carbonyl (C=O) groups is 1. The summed E-state index contributed by atoms with van der Waals surface area (Å²) in [5, 5.41) is 10.4. The highest BCUT2D eigenvalue weighted by Gasteiger charge is 2.18. The Labute approximate surface area is 172 Å². The highest BCUT2D eigenvalue weighted by molar-refractivity contribution is 7.99. The number of aryl methyl sites for hydroxylation is 1. The van der Waals surface area contributed by atoms with E-state index in [2.05, 4.69) is 15.5 Å². The summed E-state index contributed by atoms with van der Waals surface area (Å²) in [6, 6.07) is 13.2. The maximum absolute atomic E-state index is 12.6. The van der Waals surface area contributed by atoms with Crippen molar-refractivity contribution in [3.8, 4) is 17.2 Å². The van der Waals surface area contributed by atoms with Gasteiger partial charge in [0.2, 0.25) is 11.6 Å². The van der Waals surface area contributed by atoms with Crippen LogP contribution in [0.3, 0.4) is 0 Å². The van der Waals surface area contributed by atoms with Gasteiger partial charge in [-0.15, -0.1) is 16.9 Å². The van der Waals surface area contributed by atoms with E-state index < -0.39 is 5.91 Å². The molecule has 0 fully saturated rings. The molecule has 152 valence electrons. The zero-order valence-electron chi connectivity index (χ0n) is 16.3. The zero-order chi connectivity index (χ0) is 20.6. The van der Waals surface area contributed by atoms with E-state index in [4.69, 9.17) is 18.6 Å². The number of ether oxygens (including phenoxy) is 3. The molecule has 9 heteroatoms. The monoisotopic (exact) mass is 415 g/mol. The number of aromatic nitrogens is 2. The van der Waals surface area contributed by atoms with Gasteiger partial charge in [0.25, 0.3) is 5.91 Å². The van der Waals surface area contributed by atoms with Crippen LogP contribution in [0.4, 0.5) is 6.01 Å². The van der Waals surface area contributed by atoms with Gasteiger partial charge in [-0.05, 0) is 24.3 Å². The summed E-state index contributed by atoms with van der Waals surface area (Å²) in [4.78, 5) is 13.7. The van der Waals surface area contributed by atoms with Crippen molar-refractivity contribution in [3.05, 3.63) is 53.9 Å². The van der Waals surface area contributed by atoms with Gasteiger partial charge >= 0.3 is 6.01 Å². The highest BCUT2D eigenvalue weighted by Crippen LogP contribution is 2.38. The van der Waals surface area contributed by atoms with Crippen LogP contribution in [0, 0.1) is 0 Å². The minimum absolute atomic E-state index is 0.0310. The summed E-state index contributed by atoms with van der Waals surface area (Å²) in [6.45, 7) is 0. The van der Waals surface area contributed by atoms with E-state index in [0.717, 1.165) is 5.75 Å². The lowest BCUT2D eigenvalue weighted by Gasteiger charge is -2.13. The molecular formula is C20H21N3O5S. The maximum Gasteiger partial charge on any atom is 0.322 e. The van der Waals surface area contributed by atoms with Gasteiger partial charge in [0.15, 0.2) is 11.5 Å². The molecule has 8 nitrogen and oxygen atoms in total. The molecule has 0 saturated carbocycles. The van der Waals surface area contributed by atoms with Crippen molar-refractivity contribution in [2.75, 3.05) is 32.4 Å². The summed E-state index contributed by atoms with van der Waals surface area (Å²) < 4.78 is 21.3. The molecule has 2 aromatic carbocycles. The van der Waals surface area contributed by atoms with E-state index in [1.54, 1.807) is 23.9 Å². The van der Waals surface area contributed by atoms with Crippen molar-refractivity contribution < 1.29 is 23.4 Å². The molecule has 1 heterocycles. The van der Waals surface area contributed by atoms with Gasteiger partial charge in [0.1, 0.15) is 0 Å². The first-order valence-corrected chi connectivity index (χ1v) is 9.74. The number of benzene rings is 2. The van der Waals surface area contributed by atoms with E-state index >= 15 is 0 Å². The van der Waals surface area contributed by atoms with E-state index in [-0.39, 0.29) is 6.01 Å². The van der Waals surface area contributed by atoms with Crippen LogP contribution in [0.25, 0.3) is 0 Å². The smallest absolute Gasteiger partial charge is 0.322 e. The van der Waals surface area contributed by atoms with Gasteiger partial charge < -0.3 is 18.6 Å². The van der Waals surface area contributed by atoms with Crippen LogP contribution in [-0.4, -0.2) is 43.2 Å². The first kappa shape index (κ1) is 20.5. The topological polar surface area (TPSA) is 95.7 Å². The number of hydrogen-bond donors (Lipinski definition) is 1. The quantitative estimate of drug-likeness (QED) is 0.529. The molecule has 0 aliphatic rings. The Hall–Kier alpha value is -3.20. The van der Waals surface area contributed by atoms with Gasteiger partial charge in [-0.3, -0.25) is 10.1 Å². The second-order valence-corrected chi connectivity index (χ2v) is 6.95. The number of anilines is 1. The summed E-state index contributed by atoms with van der Waals surface area (Å²) >= 11 is 1.69. The van der Waals surface area contributed by atoms with E-state index in [1.807, 2.05) is 30.3 Å². The molecule has 0 atom stereocenters. The Morgan fingerprint density at radius 2 is 1.72 bits per heavy atom. The average molecular weight is 415 g/mol. The predicted molar refractivity (Wildman–Crippen MR) is 109 cm³/mol. The zero-order valence-corrected chi connectivity index (χ0v) is 17.1. The minimum atomic E-state index is -0.432. The van der Waals surface area contributed by atoms with Crippen LogP contribution in [0.2, 0.25) is 0 Å². The molecule has 0 bridgehead atoms. The molecule has 3 rings (SSSR count). The van der Waals surface area contributed by atoms with Gasteiger partial charge in [0, 0.05) is 22.6 Å². The van der Waals surface area contributed by atoms with Gasteiger partial charge in [-0.2, -0.15) is 0 Å². The number of amides is 1. The van der Waals surface area contributed by atoms with Crippen molar-refractivity contribution in [2.45, 2.75) is 11.3 Å². The largest absolute Gasteiger partial charge is 0.493 e. The average Bonchev–Trinajstić information content (AvgIpc) is 3.20. The number of rotatable bonds is 9. The SMILES string of the molecule is COc1cc(C(=O)Nc2nnc(CCSc3ccccc3)o2)cc(OC)c1OC. The third-order valence-electron chi connectivity index (χ3n) is 3.94. The fourth-order valence-corrected chi connectivity index (χ4v) is 3.42. The van der Waals surface area contributed by atoms with Crippen LogP contribution in [0.1, 0.15) is 16.2 Å². The molecule has 0 aliphatic carbocycles. The number of carbonyl (C=O) groups excluding carboxylic acids is 1. The molecule has 0 aliphatic heterocycles. The lowest BCUT2D eigenvalue weighted by molar-refractivity contribution is 0.102. The third kappa shape index (κ3) is 5.20. The van der Waals surface area contributed by atoms with Crippen molar-refractivity contribution in [1.82, 2.24) is 10.2 Å². The Balaban J connectivity index is 1.62. The lowest BCUT2D eigenvalue weighted by Crippen LogP contribution is -2.13. The van der Waals surface area contributed by atoms with Crippen LogP contribution in [0.5, 0.6) is 17.2 Å². The Bertz CT molecular complexity index is 937. The number of thioether (sulfide) groups is 1. The first-order chi connectivity index (χ1) is 14.1. The molecule has 0 saturated heterocycles. The van der Waals surface area contributed by atoms with Crippen molar-refractivity contribution in [1.29, 1.82) is 0 Å². The second-order valence-electron chi connectivity index (χ2n) is 5.78. The molecular weight excluding hydrogens is 394 g/mol. The number of methoxy groups -OCH3 is 3. The minimum Gasteiger partial charge on any atom is -0.493 e. The Morgan fingerprint density at radius 1 is 1.03 bits per heavy atom. The van der Waals surface area contributed by atoms with E-state index in [1.165, 1.54) is 26.2 Å². The van der Waals surface area contributed by atoms with Crippen LogP contribution < -0.4 is 19.5 Å². The summed E-state index contributed by atoms with van der Waals surface area (Å²) in [6.07, 6.45) is 0.590. The third-order valence-corrected chi connectivity index (χ3v) is 4.96. The van der Waals surface area contributed by atoms with Crippen LogP contribution in [-0.2, 0) is 6.42 Å². The molecule has 1 amide bonds. The standard InChI is InChI=1S/C20H21N3O5S/c1-25-15-11-13(12-16(26-2)18(15)27-3)19(24)21-20-23-22-17(28-20)9-10-29-14-7-5-4-6-8-14/h4-8,11-12H,9-10H2,1-3H3,(H,21,23,24). The fraction of sp³-hybridized carbons (Fsp3) is 0.250. The summed E-state index contributed by atoms with van der Waals surface area (Å²) in [5.74, 6) is 1.96. The maximum atomic E-state index is 12.6. The Kier molecular flexibility index (Phi) is 6.96. The van der Waals surface area contributed by atoms with Crippen LogP contribution in [0.15, 0.2) is 51.8 Å². The van der Waals surface area contributed by atoms with Gasteiger partial charge in [0.05, 0.1) is 21.3 Å². The first-order valence-electron chi connectivity index (χ1n) is 8.76. The number of nitrogens with one attached hydrogen (secondary N) is 1. The van der Waals surface area contributed by atoms with Gasteiger partial charge in [-0.1, -0.05) is 23.3 Å².